The Bertz CT molecular complexity index is 694. The molecule has 1 saturated carbocycles. The Labute approximate surface area is 150 Å². The molecule has 1 amide bonds. The Morgan fingerprint density at radius 3 is 2.64 bits per heavy atom. The summed E-state index contributed by atoms with van der Waals surface area (Å²) in [5.41, 5.74) is 1.45. The fourth-order valence-electron chi connectivity index (χ4n) is 4.93. The first kappa shape index (κ1) is 17.8. The van der Waals surface area contributed by atoms with Gasteiger partial charge in [0.05, 0.1) is 14.2 Å². The molecule has 0 radical (unpaired) electrons. The molecule has 4 nitrogen and oxygen atoms in total. The third-order valence-electron chi connectivity index (χ3n) is 5.54. The van der Waals surface area contributed by atoms with Gasteiger partial charge in [-0.05, 0) is 48.3 Å². The predicted octanol–water partition coefficient (Wildman–Crippen LogP) is 4.14. The van der Waals surface area contributed by atoms with Crippen molar-refractivity contribution in [2.24, 2.45) is 10.8 Å². The van der Waals surface area contributed by atoms with Gasteiger partial charge in [0.2, 0.25) is 5.91 Å². The minimum Gasteiger partial charge on any atom is -0.497 e. The minimum absolute atomic E-state index is 0.101. The van der Waals surface area contributed by atoms with E-state index in [0.717, 1.165) is 30.7 Å². The van der Waals surface area contributed by atoms with Crippen LogP contribution in [0.5, 0.6) is 11.5 Å². The molecule has 1 aromatic carbocycles. The van der Waals surface area contributed by atoms with Crippen LogP contribution in [0.4, 0.5) is 0 Å². The summed E-state index contributed by atoms with van der Waals surface area (Å²) in [6, 6.07) is 5.98. The number of benzene rings is 1. The number of ether oxygens (including phenoxy) is 2. The second-order valence-electron chi connectivity index (χ2n) is 8.62. The molecule has 2 atom stereocenters. The maximum absolute atomic E-state index is 12.8. The number of likely N-dealkylation sites (tertiary alicyclic amines) is 1. The second kappa shape index (κ2) is 6.40. The molecule has 1 aromatic rings. The van der Waals surface area contributed by atoms with Crippen molar-refractivity contribution in [3.8, 4) is 11.5 Å². The third-order valence-corrected chi connectivity index (χ3v) is 5.54. The number of rotatable bonds is 4. The van der Waals surface area contributed by atoms with Crippen LogP contribution in [0, 0.1) is 10.8 Å². The van der Waals surface area contributed by atoms with Gasteiger partial charge in [-0.3, -0.25) is 4.79 Å². The zero-order chi connectivity index (χ0) is 18.2. The van der Waals surface area contributed by atoms with E-state index in [1.54, 1.807) is 20.3 Å². The second-order valence-corrected chi connectivity index (χ2v) is 8.62. The largest absolute Gasteiger partial charge is 0.497 e. The van der Waals surface area contributed by atoms with Crippen LogP contribution in [0.25, 0.3) is 6.08 Å². The number of nitrogens with zero attached hydrogens (tertiary/aromatic N) is 1. The smallest absolute Gasteiger partial charge is 0.246 e. The van der Waals surface area contributed by atoms with E-state index in [2.05, 4.69) is 25.7 Å². The molecule has 1 aliphatic heterocycles. The fourth-order valence-corrected chi connectivity index (χ4v) is 4.93. The monoisotopic (exact) mass is 343 g/mol. The van der Waals surface area contributed by atoms with E-state index < -0.39 is 0 Å². The van der Waals surface area contributed by atoms with Crippen molar-refractivity contribution < 1.29 is 14.3 Å². The van der Waals surface area contributed by atoms with Crippen molar-refractivity contribution in [3.05, 3.63) is 29.8 Å². The highest BCUT2D eigenvalue weighted by molar-refractivity contribution is 5.92. The normalized spacial score (nSPS) is 27.6. The summed E-state index contributed by atoms with van der Waals surface area (Å²) in [5, 5.41) is 0. The Morgan fingerprint density at radius 2 is 1.96 bits per heavy atom. The van der Waals surface area contributed by atoms with Gasteiger partial charge in [0.1, 0.15) is 11.5 Å². The number of hydrogen-bond donors (Lipinski definition) is 0. The van der Waals surface area contributed by atoms with E-state index in [9.17, 15) is 4.79 Å². The topological polar surface area (TPSA) is 38.8 Å². The Balaban J connectivity index is 1.76. The molecular weight excluding hydrogens is 314 g/mol. The molecule has 25 heavy (non-hydrogen) atoms. The fraction of sp³-hybridized carbons (Fsp3) is 0.571. The quantitative estimate of drug-likeness (QED) is 0.771. The van der Waals surface area contributed by atoms with Crippen LogP contribution in [-0.2, 0) is 4.79 Å². The lowest BCUT2D eigenvalue weighted by Crippen LogP contribution is -2.36. The highest BCUT2D eigenvalue weighted by atomic mass is 16.5. The average Bonchev–Trinajstić information content (AvgIpc) is 2.81. The minimum atomic E-state index is 0.101. The van der Waals surface area contributed by atoms with Crippen molar-refractivity contribution in [1.82, 2.24) is 4.90 Å². The van der Waals surface area contributed by atoms with E-state index >= 15 is 0 Å². The van der Waals surface area contributed by atoms with Gasteiger partial charge in [-0.2, -0.15) is 0 Å². The van der Waals surface area contributed by atoms with Crippen molar-refractivity contribution >= 4 is 12.0 Å². The first-order chi connectivity index (χ1) is 11.8. The standard InChI is InChI=1S/C21H29NO3/c1-20(2)11-16-12-21(3,13-20)14-22(16)19(23)9-7-15-6-8-17(24-4)10-18(15)25-5/h6-10,16H,11-14H2,1-5H3/b9-7+/t16-,21+/m1/s1. The Morgan fingerprint density at radius 1 is 1.20 bits per heavy atom. The summed E-state index contributed by atoms with van der Waals surface area (Å²) in [4.78, 5) is 14.9. The first-order valence-electron chi connectivity index (χ1n) is 8.96. The van der Waals surface area contributed by atoms with Crippen LogP contribution in [0.2, 0.25) is 0 Å². The van der Waals surface area contributed by atoms with Crippen molar-refractivity contribution in [2.75, 3.05) is 20.8 Å². The van der Waals surface area contributed by atoms with E-state index in [4.69, 9.17) is 9.47 Å². The molecule has 4 heteroatoms. The van der Waals surface area contributed by atoms with E-state index in [1.807, 2.05) is 24.3 Å². The predicted molar refractivity (Wildman–Crippen MR) is 99.8 cm³/mol. The maximum atomic E-state index is 12.8. The van der Waals surface area contributed by atoms with Gasteiger partial charge in [0.25, 0.3) is 0 Å². The molecule has 2 fully saturated rings. The molecule has 2 bridgehead atoms. The van der Waals surface area contributed by atoms with Crippen molar-refractivity contribution in [3.63, 3.8) is 0 Å². The van der Waals surface area contributed by atoms with Crippen molar-refractivity contribution in [1.29, 1.82) is 0 Å². The lowest BCUT2D eigenvalue weighted by atomic mass is 9.65. The lowest BCUT2D eigenvalue weighted by molar-refractivity contribution is -0.127. The van der Waals surface area contributed by atoms with Gasteiger partial charge in [0.15, 0.2) is 0 Å². The Hall–Kier alpha value is -1.97. The summed E-state index contributed by atoms with van der Waals surface area (Å²) in [7, 11) is 3.25. The summed E-state index contributed by atoms with van der Waals surface area (Å²) in [6.45, 7) is 7.83. The van der Waals surface area contributed by atoms with Crippen LogP contribution < -0.4 is 9.47 Å². The highest BCUT2D eigenvalue weighted by Crippen LogP contribution is 2.52. The van der Waals surface area contributed by atoms with Gasteiger partial charge < -0.3 is 14.4 Å². The molecule has 1 aliphatic carbocycles. The van der Waals surface area contributed by atoms with Gasteiger partial charge in [0, 0.05) is 30.3 Å². The number of hydrogen-bond acceptors (Lipinski definition) is 3. The highest BCUT2D eigenvalue weighted by Gasteiger charge is 2.50. The van der Waals surface area contributed by atoms with E-state index in [0.29, 0.717) is 17.2 Å². The van der Waals surface area contributed by atoms with Crippen LogP contribution in [-0.4, -0.2) is 37.6 Å². The lowest BCUT2D eigenvalue weighted by Gasteiger charge is -2.39. The zero-order valence-corrected chi connectivity index (χ0v) is 16.0. The number of fused-ring (bicyclic) bond motifs is 2. The van der Waals surface area contributed by atoms with Crippen molar-refractivity contribution in [2.45, 2.75) is 46.1 Å². The molecule has 1 heterocycles. The van der Waals surface area contributed by atoms with Crippen LogP contribution in [0.1, 0.15) is 45.6 Å². The summed E-state index contributed by atoms with van der Waals surface area (Å²) >= 11 is 0. The number of amides is 1. The first-order valence-corrected chi connectivity index (χ1v) is 8.96. The SMILES string of the molecule is COc1ccc(/C=C/C(=O)N2C[C@@]3(C)C[C@H]2CC(C)(C)C3)c(OC)c1. The van der Waals surface area contributed by atoms with Crippen LogP contribution in [0.15, 0.2) is 24.3 Å². The molecular formula is C21H29NO3. The van der Waals surface area contributed by atoms with Gasteiger partial charge >= 0.3 is 0 Å². The van der Waals surface area contributed by atoms with Crippen LogP contribution >= 0.6 is 0 Å². The van der Waals surface area contributed by atoms with E-state index in [-0.39, 0.29) is 11.3 Å². The van der Waals surface area contributed by atoms with Gasteiger partial charge in [-0.1, -0.05) is 20.8 Å². The number of carbonyl (C=O) groups excluding carboxylic acids is 1. The average molecular weight is 343 g/mol. The number of methoxy groups -OCH3 is 2. The molecule has 0 N–H and O–H groups in total. The molecule has 1 saturated heterocycles. The maximum Gasteiger partial charge on any atom is 0.246 e. The molecule has 3 rings (SSSR count). The summed E-state index contributed by atoms with van der Waals surface area (Å²) in [6.07, 6.45) is 6.93. The van der Waals surface area contributed by atoms with E-state index in [1.165, 1.54) is 6.42 Å². The third kappa shape index (κ3) is 3.68. The molecule has 136 valence electrons. The zero-order valence-electron chi connectivity index (χ0n) is 16.0. The van der Waals surface area contributed by atoms with Gasteiger partial charge in [-0.25, -0.2) is 0 Å². The Kier molecular flexibility index (Phi) is 4.56. The summed E-state index contributed by atoms with van der Waals surface area (Å²) in [5.74, 6) is 1.55. The summed E-state index contributed by atoms with van der Waals surface area (Å²) < 4.78 is 10.6. The molecule has 0 unspecified atom stereocenters. The molecule has 2 aliphatic rings. The van der Waals surface area contributed by atoms with Crippen LogP contribution in [0.3, 0.4) is 0 Å². The molecule has 0 spiro atoms. The number of carbonyl (C=O) groups is 1. The molecule has 0 aromatic heterocycles. The van der Waals surface area contributed by atoms with Gasteiger partial charge in [-0.15, -0.1) is 0 Å².